The second kappa shape index (κ2) is 7.39. The van der Waals surface area contributed by atoms with E-state index in [0.29, 0.717) is 22.2 Å². The third-order valence-corrected chi connectivity index (χ3v) is 5.92. The van der Waals surface area contributed by atoms with Gasteiger partial charge < -0.3 is 5.32 Å². The Morgan fingerprint density at radius 1 is 1.31 bits per heavy atom. The lowest BCUT2D eigenvalue weighted by atomic mass is 9.86. The maximum Gasteiger partial charge on any atom is 0.253 e. The van der Waals surface area contributed by atoms with E-state index >= 15 is 0 Å². The van der Waals surface area contributed by atoms with Crippen molar-refractivity contribution in [1.82, 2.24) is 20.1 Å². The molecule has 0 aliphatic heterocycles. The van der Waals surface area contributed by atoms with E-state index in [2.05, 4.69) is 21.2 Å². The monoisotopic (exact) mass is 372 g/mol. The summed E-state index contributed by atoms with van der Waals surface area (Å²) < 4.78 is 2.15. The number of aromatic nitrogens is 3. The molecular weight excluding hydrogens is 348 g/mol. The second-order valence-corrected chi connectivity index (χ2v) is 8.09. The summed E-state index contributed by atoms with van der Waals surface area (Å²) in [7, 11) is 0. The van der Waals surface area contributed by atoms with Gasteiger partial charge in [0.2, 0.25) is 0 Å². The molecular formula is C20H25ClN4O. The van der Waals surface area contributed by atoms with Gasteiger partial charge in [0.1, 0.15) is 0 Å². The molecule has 6 heteroatoms. The van der Waals surface area contributed by atoms with Gasteiger partial charge in [-0.25, -0.2) is 0 Å². The summed E-state index contributed by atoms with van der Waals surface area (Å²) in [5.41, 5.74) is 4.03. The van der Waals surface area contributed by atoms with Crippen LogP contribution in [0.4, 0.5) is 0 Å². The van der Waals surface area contributed by atoms with Gasteiger partial charge in [0.05, 0.1) is 22.0 Å². The van der Waals surface area contributed by atoms with E-state index in [1.165, 1.54) is 24.1 Å². The normalized spacial score (nSPS) is 22.2. The van der Waals surface area contributed by atoms with Crippen LogP contribution < -0.4 is 5.32 Å². The molecule has 0 spiro atoms. The number of aryl methyl sites for hydroxylation is 3. The summed E-state index contributed by atoms with van der Waals surface area (Å²) in [6, 6.07) is 1.93. The highest BCUT2D eigenvalue weighted by Gasteiger charge is 2.25. The first-order valence-electron chi connectivity index (χ1n) is 9.56. The molecule has 1 amide bonds. The van der Waals surface area contributed by atoms with Crippen molar-refractivity contribution in [3.05, 3.63) is 46.0 Å². The van der Waals surface area contributed by atoms with Gasteiger partial charge in [-0.1, -0.05) is 11.6 Å². The highest BCUT2D eigenvalue weighted by atomic mass is 35.5. The molecule has 0 aromatic carbocycles. The predicted octanol–water partition coefficient (Wildman–Crippen LogP) is 3.72. The standard InChI is InChI=1S/C20H25ClN4O/c1-13-18(9-16(21)10-22-13)20(26)23-17-7-5-14(6-8-17)11-25-12-15-3-2-4-19(15)24-25/h9-10,12,14,17H,2-8,11H2,1H3,(H,23,26). The van der Waals surface area contributed by atoms with Gasteiger partial charge in [-0.05, 0) is 69.4 Å². The molecule has 2 aliphatic carbocycles. The van der Waals surface area contributed by atoms with Crippen LogP contribution in [0.15, 0.2) is 18.5 Å². The van der Waals surface area contributed by atoms with Crippen molar-refractivity contribution in [2.45, 2.75) is 64.5 Å². The SMILES string of the molecule is Cc1ncc(Cl)cc1C(=O)NC1CCC(Cn2cc3c(n2)CCC3)CC1. The Labute approximate surface area is 159 Å². The number of carbonyl (C=O) groups excluding carboxylic acids is 1. The smallest absolute Gasteiger partial charge is 0.253 e. The van der Waals surface area contributed by atoms with Gasteiger partial charge in [-0.15, -0.1) is 0 Å². The van der Waals surface area contributed by atoms with Crippen molar-refractivity contribution in [1.29, 1.82) is 0 Å². The number of amides is 1. The van der Waals surface area contributed by atoms with Crippen molar-refractivity contribution >= 4 is 17.5 Å². The van der Waals surface area contributed by atoms with Crippen LogP contribution in [0, 0.1) is 12.8 Å². The fraction of sp³-hybridized carbons (Fsp3) is 0.550. The Balaban J connectivity index is 1.29. The minimum absolute atomic E-state index is 0.0653. The van der Waals surface area contributed by atoms with Crippen LogP contribution in [0.3, 0.4) is 0 Å². The number of rotatable bonds is 4. The number of halogens is 1. The summed E-state index contributed by atoms with van der Waals surface area (Å²) in [6.45, 7) is 2.84. The van der Waals surface area contributed by atoms with Gasteiger partial charge in [0.25, 0.3) is 5.91 Å². The van der Waals surface area contributed by atoms with E-state index in [9.17, 15) is 4.79 Å². The molecule has 1 fully saturated rings. The molecule has 4 rings (SSSR count). The zero-order valence-electron chi connectivity index (χ0n) is 15.2. The molecule has 0 saturated heterocycles. The number of hydrogen-bond acceptors (Lipinski definition) is 3. The predicted molar refractivity (Wildman–Crippen MR) is 101 cm³/mol. The molecule has 1 saturated carbocycles. The maximum absolute atomic E-state index is 12.5. The fourth-order valence-corrected chi connectivity index (χ4v) is 4.37. The van der Waals surface area contributed by atoms with Crippen molar-refractivity contribution in [2.75, 3.05) is 0 Å². The number of fused-ring (bicyclic) bond motifs is 1. The van der Waals surface area contributed by atoms with Crippen LogP contribution >= 0.6 is 11.6 Å². The third kappa shape index (κ3) is 3.78. The molecule has 0 unspecified atom stereocenters. The van der Waals surface area contributed by atoms with Gasteiger partial charge in [0, 0.05) is 25.0 Å². The molecule has 0 bridgehead atoms. The first kappa shape index (κ1) is 17.5. The summed E-state index contributed by atoms with van der Waals surface area (Å²) in [6.07, 6.45) is 11.7. The zero-order chi connectivity index (χ0) is 18.1. The summed E-state index contributed by atoms with van der Waals surface area (Å²) in [4.78, 5) is 16.7. The Kier molecular flexibility index (Phi) is 4.98. The second-order valence-electron chi connectivity index (χ2n) is 7.65. The summed E-state index contributed by atoms with van der Waals surface area (Å²) >= 11 is 5.98. The van der Waals surface area contributed by atoms with Crippen LogP contribution in [0.2, 0.25) is 5.02 Å². The van der Waals surface area contributed by atoms with Crippen molar-refractivity contribution in [3.63, 3.8) is 0 Å². The first-order chi connectivity index (χ1) is 12.6. The lowest BCUT2D eigenvalue weighted by molar-refractivity contribution is 0.0919. The molecule has 5 nitrogen and oxygen atoms in total. The number of nitrogens with one attached hydrogen (secondary N) is 1. The van der Waals surface area contributed by atoms with Crippen molar-refractivity contribution in [3.8, 4) is 0 Å². The number of pyridine rings is 1. The van der Waals surface area contributed by atoms with Gasteiger partial charge in [-0.2, -0.15) is 5.10 Å². The number of nitrogens with zero attached hydrogens (tertiary/aromatic N) is 3. The molecule has 2 aromatic heterocycles. The van der Waals surface area contributed by atoms with Gasteiger partial charge >= 0.3 is 0 Å². The molecule has 2 heterocycles. The Morgan fingerprint density at radius 3 is 2.88 bits per heavy atom. The number of hydrogen-bond donors (Lipinski definition) is 1. The summed E-state index contributed by atoms with van der Waals surface area (Å²) in [5, 5.41) is 8.39. The highest BCUT2D eigenvalue weighted by Crippen LogP contribution is 2.27. The zero-order valence-corrected chi connectivity index (χ0v) is 15.9. The van der Waals surface area contributed by atoms with E-state index in [1.807, 2.05) is 6.92 Å². The maximum atomic E-state index is 12.5. The van der Waals surface area contributed by atoms with Crippen molar-refractivity contribution < 1.29 is 4.79 Å². The summed E-state index contributed by atoms with van der Waals surface area (Å²) in [5.74, 6) is 0.585. The van der Waals surface area contributed by atoms with Crippen molar-refractivity contribution in [2.24, 2.45) is 5.92 Å². The first-order valence-corrected chi connectivity index (χ1v) is 9.94. The highest BCUT2D eigenvalue weighted by molar-refractivity contribution is 6.30. The van der Waals surface area contributed by atoms with E-state index in [-0.39, 0.29) is 11.9 Å². The van der Waals surface area contributed by atoms with Gasteiger partial charge in [0.15, 0.2) is 0 Å². The van der Waals surface area contributed by atoms with Gasteiger partial charge in [-0.3, -0.25) is 14.5 Å². The quantitative estimate of drug-likeness (QED) is 0.889. The van der Waals surface area contributed by atoms with Crippen LogP contribution in [0.1, 0.15) is 59.4 Å². The minimum Gasteiger partial charge on any atom is -0.349 e. The van der Waals surface area contributed by atoms with E-state index in [0.717, 1.165) is 38.6 Å². The Morgan fingerprint density at radius 2 is 2.12 bits per heavy atom. The topological polar surface area (TPSA) is 59.8 Å². The van der Waals surface area contributed by atoms with Crippen LogP contribution in [0.5, 0.6) is 0 Å². The lowest BCUT2D eigenvalue weighted by Crippen LogP contribution is -2.38. The van der Waals surface area contributed by atoms with Crippen LogP contribution in [-0.2, 0) is 19.4 Å². The molecule has 1 N–H and O–H groups in total. The van der Waals surface area contributed by atoms with Crippen LogP contribution in [-0.4, -0.2) is 26.7 Å². The fourth-order valence-electron chi connectivity index (χ4n) is 4.22. The third-order valence-electron chi connectivity index (χ3n) is 5.71. The Bertz CT molecular complexity index is 787. The molecule has 2 aliphatic rings. The molecule has 2 aromatic rings. The lowest BCUT2D eigenvalue weighted by Gasteiger charge is -2.29. The van der Waals surface area contributed by atoms with Crippen LogP contribution in [0.25, 0.3) is 0 Å². The van der Waals surface area contributed by atoms with E-state index in [4.69, 9.17) is 16.7 Å². The average Bonchev–Trinajstić information content (AvgIpc) is 3.20. The largest absolute Gasteiger partial charge is 0.349 e. The molecule has 138 valence electrons. The molecule has 26 heavy (non-hydrogen) atoms. The molecule has 0 atom stereocenters. The Hall–Kier alpha value is -1.88. The number of carbonyl (C=O) groups is 1. The minimum atomic E-state index is -0.0653. The van der Waals surface area contributed by atoms with E-state index < -0.39 is 0 Å². The average molecular weight is 373 g/mol. The molecule has 0 radical (unpaired) electrons. The van der Waals surface area contributed by atoms with E-state index in [1.54, 1.807) is 12.3 Å².